The summed E-state index contributed by atoms with van der Waals surface area (Å²) in [7, 11) is 7.22. The zero-order valence-electron chi connectivity index (χ0n) is 22.7. The van der Waals surface area contributed by atoms with Crippen LogP contribution in [0.2, 0.25) is 0 Å². The van der Waals surface area contributed by atoms with Gasteiger partial charge in [-0.25, -0.2) is 9.18 Å². The SMILES string of the molecule is CN(C)CCNC(=O)C1=CCc2cc(C3NC(=O)NC3=O)oc2C=C1F.COC1C=CC2=C(C=C1)C(=O)N(C)C2. The number of carbonyl (C=O) groups is 4. The zero-order valence-corrected chi connectivity index (χ0v) is 22.7. The van der Waals surface area contributed by atoms with Gasteiger partial charge in [0.2, 0.25) is 0 Å². The summed E-state index contributed by atoms with van der Waals surface area (Å²) < 4.78 is 25.2. The molecule has 0 bridgehead atoms. The maximum Gasteiger partial charge on any atom is 0.322 e. The highest BCUT2D eigenvalue weighted by Gasteiger charge is 2.34. The fourth-order valence-electron chi connectivity index (χ4n) is 4.40. The molecule has 5 amide bonds. The van der Waals surface area contributed by atoms with Crippen LogP contribution in [0.15, 0.2) is 63.4 Å². The molecule has 3 heterocycles. The van der Waals surface area contributed by atoms with Crippen LogP contribution in [0.1, 0.15) is 23.1 Å². The Labute approximate surface area is 231 Å². The van der Waals surface area contributed by atoms with Crippen molar-refractivity contribution in [3.05, 3.63) is 76.1 Å². The van der Waals surface area contributed by atoms with E-state index in [0.29, 0.717) is 25.2 Å². The predicted octanol–water partition coefficient (Wildman–Crippen LogP) is 1.53. The number of likely N-dealkylation sites (N-methyl/N-ethyl adjacent to an activating group) is 2. The van der Waals surface area contributed by atoms with Gasteiger partial charge >= 0.3 is 6.03 Å². The summed E-state index contributed by atoms with van der Waals surface area (Å²) >= 11 is 0. The minimum atomic E-state index is -0.941. The molecule has 0 spiro atoms. The zero-order chi connectivity index (χ0) is 29.0. The third kappa shape index (κ3) is 6.46. The van der Waals surface area contributed by atoms with E-state index in [1.807, 2.05) is 50.3 Å². The highest BCUT2D eigenvalue weighted by atomic mass is 19.1. The molecule has 11 nitrogen and oxygen atoms in total. The molecule has 40 heavy (non-hydrogen) atoms. The van der Waals surface area contributed by atoms with Gasteiger partial charge in [-0.1, -0.05) is 30.4 Å². The molecule has 0 saturated carbocycles. The van der Waals surface area contributed by atoms with Crippen molar-refractivity contribution >= 4 is 29.8 Å². The topological polar surface area (TPSA) is 133 Å². The Morgan fingerprint density at radius 3 is 2.67 bits per heavy atom. The Bertz CT molecular complexity index is 1370. The van der Waals surface area contributed by atoms with Gasteiger partial charge in [-0.05, 0) is 32.2 Å². The van der Waals surface area contributed by atoms with Crippen molar-refractivity contribution in [2.24, 2.45) is 0 Å². The predicted molar refractivity (Wildman–Crippen MR) is 144 cm³/mol. The van der Waals surface area contributed by atoms with Crippen LogP contribution >= 0.6 is 0 Å². The molecule has 12 heteroatoms. The highest BCUT2D eigenvalue weighted by Crippen LogP contribution is 2.30. The van der Waals surface area contributed by atoms with Gasteiger partial charge in [-0.2, -0.15) is 0 Å². The van der Waals surface area contributed by atoms with E-state index in [1.54, 1.807) is 18.1 Å². The van der Waals surface area contributed by atoms with Crippen LogP contribution in [-0.2, 0) is 25.5 Å². The number of amides is 5. The largest absolute Gasteiger partial charge is 0.459 e. The fraction of sp³-hybridized carbons (Fsp3) is 0.357. The van der Waals surface area contributed by atoms with Gasteiger partial charge in [0.25, 0.3) is 17.7 Å². The molecular weight excluding hydrogens is 521 g/mol. The van der Waals surface area contributed by atoms with Gasteiger partial charge in [0.15, 0.2) is 6.04 Å². The molecule has 2 aliphatic carbocycles. The van der Waals surface area contributed by atoms with Crippen LogP contribution in [-0.4, -0.2) is 87.5 Å². The lowest BCUT2D eigenvalue weighted by molar-refractivity contribution is -0.124. The van der Waals surface area contributed by atoms with Gasteiger partial charge in [0.1, 0.15) is 17.3 Å². The molecule has 212 valence electrons. The smallest absolute Gasteiger partial charge is 0.322 e. The van der Waals surface area contributed by atoms with E-state index < -0.39 is 29.7 Å². The molecule has 1 aromatic rings. The number of urea groups is 1. The number of allylic oxidation sites excluding steroid dienone is 1. The summed E-state index contributed by atoms with van der Waals surface area (Å²) in [6.45, 7) is 1.75. The number of ether oxygens (including phenoxy) is 1. The van der Waals surface area contributed by atoms with Crippen molar-refractivity contribution in [2.75, 3.05) is 47.9 Å². The molecule has 1 aromatic heterocycles. The van der Waals surface area contributed by atoms with Gasteiger partial charge in [0, 0.05) is 51.0 Å². The second kappa shape index (κ2) is 12.3. The Kier molecular flexibility index (Phi) is 8.80. The van der Waals surface area contributed by atoms with Gasteiger partial charge < -0.3 is 29.6 Å². The third-order valence-electron chi connectivity index (χ3n) is 6.59. The Hall–Kier alpha value is -4.29. The van der Waals surface area contributed by atoms with E-state index in [-0.39, 0.29) is 35.5 Å². The molecule has 5 rings (SSSR count). The van der Waals surface area contributed by atoms with Crippen molar-refractivity contribution in [2.45, 2.75) is 18.6 Å². The molecule has 2 aliphatic heterocycles. The van der Waals surface area contributed by atoms with Crippen molar-refractivity contribution in [1.29, 1.82) is 0 Å². The van der Waals surface area contributed by atoms with E-state index in [0.717, 1.165) is 17.2 Å². The van der Waals surface area contributed by atoms with E-state index in [2.05, 4.69) is 16.0 Å². The van der Waals surface area contributed by atoms with Crippen molar-refractivity contribution in [3.8, 4) is 0 Å². The number of imide groups is 1. The number of rotatable bonds is 6. The average Bonchev–Trinajstić information content (AvgIpc) is 3.44. The van der Waals surface area contributed by atoms with Gasteiger partial charge in [0.05, 0.1) is 11.7 Å². The number of nitrogens with zero attached hydrogens (tertiary/aromatic N) is 2. The molecule has 0 aromatic carbocycles. The minimum absolute atomic E-state index is 0.0151. The van der Waals surface area contributed by atoms with E-state index in [4.69, 9.17) is 9.15 Å². The molecule has 2 unspecified atom stereocenters. The molecule has 1 fully saturated rings. The third-order valence-corrected chi connectivity index (χ3v) is 6.59. The van der Waals surface area contributed by atoms with Crippen LogP contribution in [0.4, 0.5) is 9.18 Å². The summed E-state index contributed by atoms with van der Waals surface area (Å²) in [6, 6.07) is 0.0341. The summed E-state index contributed by atoms with van der Waals surface area (Å²) in [5, 5.41) is 7.20. The second-order valence-corrected chi connectivity index (χ2v) is 9.83. The first kappa shape index (κ1) is 28.7. The van der Waals surface area contributed by atoms with Crippen LogP contribution in [0, 0.1) is 0 Å². The average molecular weight is 554 g/mol. The lowest BCUT2D eigenvalue weighted by Crippen LogP contribution is -2.32. The van der Waals surface area contributed by atoms with Gasteiger partial charge in [-0.3, -0.25) is 19.7 Å². The van der Waals surface area contributed by atoms with Crippen molar-refractivity contribution < 1.29 is 32.7 Å². The maximum atomic E-state index is 14.5. The maximum absolute atomic E-state index is 14.5. The number of methoxy groups -OCH3 is 1. The number of hydrogen-bond acceptors (Lipinski definition) is 7. The molecule has 0 radical (unpaired) electrons. The first-order chi connectivity index (χ1) is 19.1. The number of halogens is 1. The summed E-state index contributed by atoms with van der Waals surface area (Å²) in [6.07, 6.45) is 10.6. The Morgan fingerprint density at radius 1 is 1.25 bits per heavy atom. The monoisotopic (exact) mass is 553 g/mol. The Balaban J connectivity index is 0.000000222. The minimum Gasteiger partial charge on any atom is -0.459 e. The van der Waals surface area contributed by atoms with E-state index in [1.165, 1.54) is 6.08 Å². The first-order valence-corrected chi connectivity index (χ1v) is 12.7. The van der Waals surface area contributed by atoms with Crippen LogP contribution in [0.3, 0.4) is 0 Å². The van der Waals surface area contributed by atoms with E-state index >= 15 is 0 Å². The summed E-state index contributed by atoms with van der Waals surface area (Å²) in [4.78, 5) is 50.3. The molecular formula is C28H32FN5O6. The standard InChI is InChI=1S/C17H19FN4O4.C11H13NO2/c1-22(2)6-5-19-15(23)10-4-3-9-7-13(26-12(9)8-11(10)18)14-16(24)21-17(25)20-14;1-12-7-8-3-4-9(14-2)5-6-10(8)11(12)13/h4,7-8,14H,3,5-6H2,1-2H3,(H,19,23)(H2,20,21,24,25);3-6,9H,7H2,1-2H3. The second-order valence-electron chi connectivity index (χ2n) is 9.83. The number of nitrogens with one attached hydrogen (secondary N) is 3. The highest BCUT2D eigenvalue weighted by molar-refractivity contribution is 6.04. The van der Waals surface area contributed by atoms with Crippen LogP contribution < -0.4 is 16.0 Å². The fourth-order valence-corrected chi connectivity index (χ4v) is 4.40. The molecule has 3 N–H and O–H groups in total. The number of furan rings is 1. The van der Waals surface area contributed by atoms with E-state index in [9.17, 15) is 23.6 Å². The first-order valence-electron chi connectivity index (χ1n) is 12.7. The summed E-state index contributed by atoms with van der Waals surface area (Å²) in [5.74, 6) is -1.20. The normalized spacial score (nSPS) is 21.6. The number of fused-ring (bicyclic) bond motifs is 1. The molecule has 2 atom stereocenters. The number of carbonyl (C=O) groups excluding carboxylic acids is 4. The van der Waals surface area contributed by atoms with Crippen LogP contribution in [0.25, 0.3) is 6.08 Å². The van der Waals surface area contributed by atoms with Crippen molar-refractivity contribution in [3.63, 3.8) is 0 Å². The Morgan fingerprint density at radius 2 is 2.00 bits per heavy atom. The quantitative estimate of drug-likeness (QED) is 0.455. The lowest BCUT2D eigenvalue weighted by atomic mass is 10.1. The lowest BCUT2D eigenvalue weighted by Gasteiger charge is -2.11. The van der Waals surface area contributed by atoms with Crippen LogP contribution in [0.5, 0.6) is 0 Å². The molecule has 1 saturated heterocycles. The number of hydrogen-bond donors (Lipinski definition) is 3. The summed E-state index contributed by atoms with van der Waals surface area (Å²) in [5.41, 5.74) is 2.44. The van der Waals surface area contributed by atoms with Gasteiger partial charge in [-0.15, -0.1) is 0 Å². The molecule has 4 aliphatic rings. The van der Waals surface area contributed by atoms with Crippen molar-refractivity contribution in [1.82, 2.24) is 25.8 Å².